The molecule has 0 unspecified atom stereocenters. The minimum atomic E-state index is -5.16. The summed E-state index contributed by atoms with van der Waals surface area (Å²) in [6, 6.07) is 4.09. The predicted octanol–water partition coefficient (Wildman–Crippen LogP) is 7.12. The van der Waals surface area contributed by atoms with Crippen molar-refractivity contribution in [2.24, 2.45) is 17.8 Å². The number of hydrogen-bond acceptors (Lipinski definition) is 0. The first-order valence-electron chi connectivity index (χ1n) is 9.33. The largest absolute Gasteiger partial charge is 4.00 e. The quantitative estimate of drug-likeness (QED) is 0.222. The first-order chi connectivity index (χ1) is 13.0. The van der Waals surface area contributed by atoms with Crippen molar-refractivity contribution in [1.82, 2.24) is 0 Å². The molecule has 0 aliphatic carbocycles. The molecule has 30 heavy (non-hydrogen) atoms. The van der Waals surface area contributed by atoms with Crippen LogP contribution in [-0.4, -0.2) is 40.0 Å². The molecule has 0 aromatic heterocycles. The van der Waals surface area contributed by atoms with Crippen LogP contribution in [0.15, 0.2) is 24.3 Å². The van der Waals surface area contributed by atoms with E-state index in [4.69, 9.17) is 17.2 Å². The summed E-state index contributed by atoms with van der Waals surface area (Å²) in [5.74, 6) is -8.67. The summed E-state index contributed by atoms with van der Waals surface area (Å²) in [4.78, 5) is 0. The molecule has 0 radical (unpaired) electrons. The maximum atomic E-state index is 12.1. The Labute approximate surface area is 198 Å². The molecule has 0 aliphatic rings. The molecule has 1 aromatic carbocycles. The fourth-order valence-corrected chi connectivity index (χ4v) is 2.88. The fourth-order valence-electron chi connectivity index (χ4n) is 1.14. The van der Waals surface area contributed by atoms with Crippen molar-refractivity contribution in [2.75, 3.05) is 19.6 Å². The van der Waals surface area contributed by atoms with Gasteiger partial charge in [-0.05, 0) is 0 Å². The molecule has 0 heterocycles. The Morgan fingerprint density at radius 1 is 0.667 bits per heavy atom. The van der Waals surface area contributed by atoms with Crippen LogP contribution < -0.4 is 5.19 Å². The van der Waals surface area contributed by atoms with E-state index >= 15 is 0 Å². The summed E-state index contributed by atoms with van der Waals surface area (Å²) < 4.78 is 72.7. The topological polar surface area (TPSA) is 71.4 Å². The van der Waals surface area contributed by atoms with Gasteiger partial charge in [0.25, 0.3) is 8.80 Å². The predicted molar refractivity (Wildman–Crippen MR) is 113 cm³/mol. The van der Waals surface area contributed by atoms with Crippen molar-refractivity contribution < 1.29 is 52.5 Å². The summed E-state index contributed by atoms with van der Waals surface area (Å²) in [6.45, 7) is 13.9. The van der Waals surface area contributed by atoms with Crippen LogP contribution in [0.3, 0.4) is 0 Å². The molecule has 0 atom stereocenters. The van der Waals surface area contributed by atoms with Crippen LogP contribution in [0, 0.1) is 17.8 Å². The van der Waals surface area contributed by atoms with E-state index in [2.05, 4.69) is 0 Å². The van der Waals surface area contributed by atoms with Gasteiger partial charge in [0.15, 0.2) is 0 Å². The number of hydrogen-bond donors (Lipinski definition) is 0. The van der Waals surface area contributed by atoms with Gasteiger partial charge in [0.05, 0.1) is 0 Å². The first kappa shape index (κ1) is 37.2. The van der Waals surface area contributed by atoms with Crippen molar-refractivity contribution in [1.29, 1.82) is 0 Å². The number of rotatable bonds is 4. The second-order valence-corrected chi connectivity index (χ2v) is 10.4. The van der Waals surface area contributed by atoms with E-state index in [1.54, 1.807) is 0 Å². The maximum Gasteiger partial charge on any atom is 4.00 e. The molecular weight excluding hydrogens is 504 g/mol. The molecule has 11 heteroatoms. The van der Waals surface area contributed by atoms with Crippen molar-refractivity contribution in [2.45, 2.75) is 53.1 Å². The summed E-state index contributed by atoms with van der Waals surface area (Å²) in [7, 11) is -4.92. The number of nitrogens with one attached hydrogen (secondary N) is 3. The third kappa shape index (κ3) is 24.2. The van der Waals surface area contributed by atoms with Gasteiger partial charge >= 0.3 is 37.8 Å². The van der Waals surface area contributed by atoms with Crippen LogP contribution in [0.2, 0.25) is 0 Å². The van der Waals surface area contributed by atoms with E-state index in [1.807, 2.05) is 41.5 Å². The van der Waals surface area contributed by atoms with E-state index in [9.17, 15) is 26.3 Å². The van der Waals surface area contributed by atoms with Gasteiger partial charge in [-0.1, -0.05) is 59.3 Å². The van der Waals surface area contributed by atoms with Crippen LogP contribution in [0.25, 0.3) is 17.2 Å². The Hall–Kier alpha value is -0.0900. The van der Waals surface area contributed by atoms with Crippen molar-refractivity contribution in [3.8, 4) is 0 Å². The Morgan fingerprint density at radius 3 is 1.00 bits per heavy atom. The summed E-state index contributed by atoms with van der Waals surface area (Å²) in [5.41, 5.74) is 20.0. The molecule has 0 bridgehead atoms. The normalized spacial score (nSPS) is 11.2. The van der Waals surface area contributed by atoms with Gasteiger partial charge in [-0.2, -0.15) is 38.5 Å². The Morgan fingerprint density at radius 2 is 0.867 bits per heavy atom. The van der Waals surface area contributed by atoms with Crippen LogP contribution in [0.4, 0.5) is 26.3 Å². The van der Waals surface area contributed by atoms with E-state index in [0.717, 1.165) is 12.1 Å². The van der Waals surface area contributed by atoms with E-state index in [1.165, 1.54) is 12.1 Å². The first-order valence-corrected chi connectivity index (χ1v) is 11.1. The SMILES string of the molecule is CC(C)C[NH-].CC(C)C[NH-].CC(C)C[NH-].FC(F)(F)[SiH]([c-]1cccc1)C(F)(F)F.[Zr+4]. The Balaban J connectivity index is -0.000000176. The molecule has 0 fully saturated rings. The summed E-state index contributed by atoms with van der Waals surface area (Å²) in [6.07, 6.45) is 0. The molecule has 3 nitrogen and oxygen atoms in total. The van der Waals surface area contributed by atoms with E-state index in [-0.39, 0.29) is 26.2 Å². The molecule has 1 aromatic rings. The van der Waals surface area contributed by atoms with Gasteiger partial charge in [-0.25, -0.2) is 12.1 Å². The van der Waals surface area contributed by atoms with Crippen molar-refractivity contribution >= 4 is 14.0 Å². The van der Waals surface area contributed by atoms with Crippen molar-refractivity contribution in [3.05, 3.63) is 41.5 Å². The van der Waals surface area contributed by atoms with Crippen LogP contribution in [0.1, 0.15) is 41.5 Å². The molecule has 0 aliphatic heterocycles. The zero-order valence-electron chi connectivity index (χ0n) is 18.5. The second kappa shape index (κ2) is 19.6. The van der Waals surface area contributed by atoms with Crippen LogP contribution in [-0.2, 0) is 26.2 Å². The minimum absolute atomic E-state index is 0. The Bertz CT molecular complexity index is 431. The average Bonchev–Trinajstić information content (AvgIpc) is 3.07. The third-order valence-electron chi connectivity index (χ3n) is 2.90. The zero-order valence-corrected chi connectivity index (χ0v) is 22.1. The Kier molecular flexibility index (Phi) is 24.3. The molecule has 0 spiro atoms. The van der Waals surface area contributed by atoms with Crippen molar-refractivity contribution in [3.63, 3.8) is 0 Å². The van der Waals surface area contributed by atoms with Crippen LogP contribution in [0.5, 0.6) is 0 Å². The molecule has 0 amide bonds. The smallest absolute Gasteiger partial charge is 0.677 e. The second-order valence-electron chi connectivity index (χ2n) is 7.53. The number of halogens is 6. The average molecular weight is 539 g/mol. The van der Waals surface area contributed by atoms with E-state index in [0.29, 0.717) is 37.4 Å². The fraction of sp³-hybridized carbons (Fsp3) is 0.737. The molecule has 3 N–H and O–H groups in total. The molecule has 0 saturated heterocycles. The van der Waals surface area contributed by atoms with Gasteiger partial charge in [0, 0.05) is 0 Å². The standard InChI is InChI=1S/C7H5F6Si.3C4H10N.Zr/c8-6(9,10)14(7(11,12)13)5-3-1-2-4-5;3*1-4(2)3-5;/h1-4,14H;3*4-5H,3H2,1-2H3;/q4*-1;+4. The summed E-state index contributed by atoms with van der Waals surface area (Å²) in [5, 5.41) is -0.634. The molecule has 176 valence electrons. The van der Waals surface area contributed by atoms with Gasteiger partial charge < -0.3 is 17.2 Å². The summed E-state index contributed by atoms with van der Waals surface area (Å²) >= 11 is 0. The molecular formula is C19H35F6N3SiZr. The van der Waals surface area contributed by atoms with Crippen LogP contribution >= 0.6 is 0 Å². The zero-order chi connectivity index (χ0) is 23.8. The maximum absolute atomic E-state index is 12.1. The number of alkyl halides is 6. The minimum Gasteiger partial charge on any atom is -0.677 e. The van der Waals surface area contributed by atoms with Gasteiger partial charge in [0.2, 0.25) is 0 Å². The molecule has 0 saturated carbocycles. The molecule has 1 rings (SSSR count). The van der Waals surface area contributed by atoms with Gasteiger partial charge in [-0.3, -0.25) is 0 Å². The third-order valence-corrected chi connectivity index (χ3v) is 5.26. The van der Waals surface area contributed by atoms with E-state index < -0.39 is 25.6 Å². The van der Waals surface area contributed by atoms with Gasteiger partial charge in [0.1, 0.15) is 0 Å². The van der Waals surface area contributed by atoms with Gasteiger partial charge in [-0.15, -0.1) is 24.8 Å². The monoisotopic (exact) mass is 537 g/mol.